The summed E-state index contributed by atoms with van der Waals surface area (Å²) >= 11 is 0. The van der Waals surface area contributed by atoms with E-state index in [1.807, 2.05) is 24.0 Å². The van der Waals surface area contributed by atoms with Gasteiger partial charge >= 0.3 is 0 Å². The van der Waals surface area contributed by atoms with Crippen molar-refractivity contribution in [2.24, 2.45) is 5.41 Å². The SMILES string of the molecule is CCCc1ccc(C(=O)N(CC)CC2(C)COC2)cc1. The van der Waals surface area contributed by atoms with E-state index >= 15 is 0 Å². The van der Waals surface area contributed by atoms with Crippen molar-refractivity contribution in [3.63, 3.8) is 0 Å². The number of nitrogens with zero attached hydrogens (tertiary/aromatic N) is 1. The number of carbonyl (C=O) groups is 1. The van der Waals surface area contributed by atoms with Crippen LogP contribution in [0.25, 0.3) is 0 Å². The number of rotatable bonds is 6. The molecule has 1 saturated heterocycles. The molecule has 1 aliphatic heterocycles. The minimum atomic E-state index is 0.128. The zero-order chi connectivity index (χ0) is 14.6. The molecule has 0 atom stereocenters. The first kappa shape index (κ1) is 15.0. The molecule has 0 unspecified atom stereocenters. The summed E-state index contributed by atoms with van der Waals surface area (Å²) in [5, 5.41) is 0. The van der Waals surface area contributed by atoms with Crippen LogP contribution in [-0.2, 0) is 11.2 Å². The highest BCUT2D eigenvalue weighted by Crippen LogP contribution is 2.28. The Bertz CT molecular complexity index is 449. The average molecular weight is 275 g/mol. The third kappa shape index (κ3) is 3.40. The highest BCUT2D eigenvalue weighted by Gasteiger charge is 2.36. The van der Waals surface area contributed by atoms with Crippen molar-refractivity contribution in [2.45, 2.75) is 33.6 Å². The molecule has 20 heavy (non-hydrogen) atoms. The summed E-state index contributed by atoms with van der Waals surface area (Å²) in [7, 11) is 0. The summed E-state index contributed by atoms with van der Waals surface area (Å²) in [6, 6.07) is 8.04. The quantitative estimate of drug-likeness (QED) is 0.798. The molecule has 110 valence electrons. The van der Waals surface area contributed by atoms with Gasteiger partial charge in [-0.2, -0.15) is 0 Å². The van der Waals surface area contributed by atoms with Gasteiger partial charge < -0.3 is 9.64 Å². The molecular weight excluding hydrogens is 250 g/mol. The lowest BCUT2D eigenvalue weighted by Crippen LogP contribution is -2.50. The molecule has 1 aliphatic rings. The van der Waals surface area contributed by atoms with E-state index in [0.717, 1.165) is 44.7 Å². The molecular formula is C17H25NO2. The average Bonchev–Trinajstić information content (AvgIpc) is 2.43. The second kappa shape index (κ2) is 6.40. The third-order valence-corrected chi connectivity index (χ3v) is 3.88. The highest BCUT2D eigenvalue weighted by atomic mass is 16.5. The zero-order valence-corrected chi connectivity index (χ0v) is 12.8. The first-order valence-electron chi connectivity index (χ1n) is 7.54. The van der Waals surface area contributed by atoms with E-state index in [2.05, 4.69) is 26.0 Å². The van der Waals surface area contributed by atoms with E-state index in [0.29, 0.717) is 0 Å². The van der Waals surface area contributed by atoms with Crippen LogP contribution in [0.4, 0.5) is 0 Å². The normalized spacial score (nSPS) is 16.6. The smallest absolute Gasteiger partial charge is 0.253 e. The van der Waals surface area contributed by atoms with Crippen LogP contribution in [0.3, 0.4) is 0 Å². The summed E-state index contributed by atoms with van der Waals surface area (Å²) in [5.41, 5.74) is 2.22. The minimum absolute atomic E-state index is 0.128. The Hall–Kier alpha value is -1.35. The van der Waals surface area contributed by atoms with E-state index in [1.165, 1.54) is 5.56 Å². The number of aryl methyl sites for hydroxylation is 1. The lowest BCUT2D eigenvalue weighted by atomic mass is 9.88. The summed E-state index contributed by atoms with van der Waals surface area (Å²) in [4.78, 5) is 14.5. The lowest BCUT2D eigenvalue weighted by molar-refractivity contribution is -0.110. The van der Waals surface area contributed by atoms with Crippen molar-refractivity contribution < 1.29 is 9.53 Å². The van der Waals surface area contributed by atoms with Crippen LogP contribution >= 0.6 is 0 Å². The maximum absolute atomic E-state index is 12.5. The predicted molar refractivity (Wildman–Crippen MR) is 80.9 cm³/mol. The van der Waals surface area contributed by atoms with Crippen molar-refractivity contribution in [3.8, 4) is 0 Å². The molecule has 0 bridgehead atoms. The molecule has 0 N–H and O–H groups in total. The summed E-state index contributed by atoms with van der Waals surface area (Å²) in [6.07, 6.45) is 2.20. The van der Waals surface area contributed by atoms with Crippen LogP contribution in [0.5, 0.6) is 0 Å². The summed E-state index contributed by atoms with van der Waals surface area (Å²) < 4.78 is 5.27. The van der Waals surface area contributed by atoms with Gasteiger partial charge in [0.1, 0.15) is 0 Å². The van der Waals surface area contributed by atoms with Gasteiger partial charge in [0.15, 0.2) is 0 Å². The van der Waals surface area contributed by atoms with Gasteiger partial charge in [-0.3, -0.25) is 4.79 Å². The molecule has 0 spiro atoms. The number of carbonyl (C=O) groups excluding carboxylic acids is 1. The van der Waals surface area contributed by atoms with Gasteiger partial charge in [-0.25, -0.2) is 0 Å². The van der Waals surface area contributed by atoms with Crippen LogP contribution < -0.4 is 0 Å². The van der Waals surface area contributed by atoms with E-state index in [1.54, 1.807) is 0 Å². The lowest BCUT2D eigenvalue weighted by Gasteiger charge is -2.41. The fourth-order valence-electron chi connectivity index (χ4n) is 2.62. The number of amides is 1. The number of ether oxygens (including phenoxy) is 1. The Balaban J connectivity index is 2.03. The van der Waals surface area contributed by atoms with Crippen molar-refractivity contribution in [1.82, 2.24) is 4.90 Å². The van der Waals surface area contributed by atoms with Gasteiger partial charge in [-0.05, 0) is 31.0 Å². The Kier molecular flexibility index (Phi) is 4.81. The number of hydrogen-bond acceptors (Lipinski definition) is 2. The summed E-state index contributed by atoms with van der Waals surface area (Å²) in [5.74, 6) is 0.128. The maximum atomic E-state index is 12.5. The first-order valence-corrected chi connectivity index (χ1v) is 7.54. The molecule has 3 nitrogen and oxygen atoms in total. The molecule has 0 aromatic heterocycles. The van der Waals surface area contributed by atoms with E-state index in [-0.39, 0.29) is 11.3 Å². The summed E-state index contributed by atoms with van der Waals surface area (Å²) in [6.45, 7) is 9.41. The molecule has 0 radical (unpaired) electrons. The van der Waals surface area contributed by atoms with E-state index < -0.39 is 0 Å². The Morgan fingerprint density at radius 3 is 2.35 bits per heavy atom. The molecule has 1 heterocycles. The van der Waals surface area contributed by atoms with Gasteiger partial charge in [0.25, 0.3) is 5.91 Å². The number of benzene rings is 1. The minimum Gasteiger partial charge on any atom is -0.380 e. The predicted octanol–water partition coefficient (Wildman–Crippen LogP) is 3.14. The van der Waals surface area contributed by atoms with Gasteiger partial charge in [-0.15, -0.1) is 0 Å². The zero-order valence-electron chi connectivity index (χ0n) is 12.8. The largest absolute Gasteiger partial charge is 0.380 e. The van der Waals surface area contributed by atoms with Crippen molar-refractivity contribution in [1.29, 1.82) is 0 Å². The molecule has 1 aromatic carbocycles. The van der Waals surface area contributed by atoms with E-state index in [9.17, 15) is 4.79 Å². The van der Waals surface area contributed by atoms with Crippen LogP contribution in [0.1, 0.15) is 43.1 Å². The fraction of sp³-hybridized carbons (Fsp3) is 0.588. The molecule has 0 aliphatic carbocycles. The van der Waals surface area contributed by atoms with Crippen LogP contribution in [0.2, 0.25) is 0 Å². The molecule has 1 amide bonds. The molecule has 1 fully saturated rings. The van der Waals surface area contributed by atoms with E-state index in [4.69, 9.17) is 4.74 Å². The molecule has 1 aromatic rings. The maximum Gasteiger partial charge on any atom is 0.253 e. The van der Waals surface area contributed by atoms with Crippen molar-refractivity contribution in [2.75, 3.05) is 26.3 Å². The topological polar surface area (TPSA) is 29.5 Å². The molecule has 2 rings (SSSR count). The van der Waals surface area contributed by atoms with Gasteiger partial charge in [0.2, 0.25) is 0 Å². The molecule has 0 saturated carbocycles. The van der Waals surface area contributed by atoms with Crippen LogP contribution in [0.15, 0.2) is 24.3 Å². The van der Waals surface area contributed by atoms with Crippen molar-refractivity contribution in [3.05, 3.63) is 35.4 Å². The highest BCUT2D eigenvalue weighted by molar-refractivity contribution is 5.94. The van der Waals surface area contributed by atoms with Gasteiger partial charge in [-0.1, -0.05) is 32.4 Å². The third-order valence-electron chi connectivity index (χ3n) is 3.88. The Morgan fingerprint density at radius 1 is 1.25 bits per heavy atom. The number of hydrogen-bond donors (Lipinski definition) is 0. The second-order valence-electron chi connectivity index (χ2n) is 6.07. The van der Waals surface area contributed by atoms with Crippen LogP contribution in [0, 0.1) is 5.41 Å². The fourth-order valence-corrected chi connectivity index (χ4v) is 2.62. The first-order chi connectivity index (χ1) is 9.58. The standard InChI is InChI=1S/C17H25NO2/c1-4-6-14-7-9-15(10-8-14)16(19)18(5-2)11-17(3)12-20-13-17/h7-10H,4-6,11-13H2,1-3H3. The van der Waals surface area contributed by atoms with Crippen LogP contribution in [-0.4, -0.2) is 37.1 Å². The Morgan fingerprint density at radius 2 is 1.90 bits per heavy atom. The second-order valence-corrected chi connectivity index (χ2v) is 6.07. The monoisotopic (exact) mass is 275 g/mol. The van der Waals surface area contributed by atoms with Gasteiger partial charge in [0, 0.05) is 24.1 Å². The van der Waals surface area contributed by atoms with Gasteiger partial charge in [0.05, 0.1) is 13.2 Å². The van der Waals surface area contributed by atoms with Crippen molar-refractivity contribution >= 4 is 5.91 Å². The molecule has 3 heteroatoms. The Labute approximate surface area is 121 Å².